The van der Waals surface area contributed by atoms with E-state index in [2.05, 4.69) is 9.62 Å². The quantitative estimate of drug-likeness (QED) is 0.418. The zero-order valence-electron chi connectivity index (χ0n) is 20.6. The molecule has 1 atom stereocenters. The molecule has 1 aliphatic heterocycles. The first kappa shape index (κ1) is 25.9. The third-order valence-corrected chi connectivity index (χ3v) is 7.73. The highest BCUT2D eigenvalue weighted by Gasteiger charge is 2.25. The van der Waals surface area contributed by atoms with Gasteiger partial charge in [-0.05, 0) is 49.4 Å². The van der Waals surface area contributed by atoms with Crippen molar-refractivity contribution in [2.45, 2.75) is 17.4 Å². The number of likely N-dealkylation sites (N-methyl/N-ethyl adjacent to an activating group) is 1. The lowest BCUT2D eigenvalue weighted by atomic mass is 10.0. The molecule has 36 heavy (non-hydrogen) atoms. The minimum absolute atomic E-state index is 0.00752. The molecule has 1 N–H and O–H groups in total. The normalized spacial score (nSPS) is 16.0. The largest absolute Gasteiger partial charge is 0.497 e. The summed E-state index contributed by atoms with van der Waals surface area (Å²) in [5.74, 6) is 1.79. The number of anilines is 1. The average Bonchev–Trinajstić information content (AvgIpc) is 3.29. The molecule has 1 heterocycles. The van der Waals surface area contributed by atoms with Crippen LogP contribution in [0.4, 0.5) is 5.69 Å². The molecule has 0 bridgehead atoms. The molecule has 192 valence electrons. The summed E-state index contributed by atoms with van der Waals surface area (Å²) in [5.41, 5.74) is 1.45. The highest BCUT2D eigenvalue weighted by molar-refractivity contribution is 7.92. The van der Waals surface area contributed by atoms with Crippen molar-refractivity contribution < 1.29 is 27.4 Å². The van der Waals surface area contributed by atoms with Gasteiger partial charge in [-0.3, -0.25) is 4.72 Å². The molecule has 4 rings (SSSR count). The van der Waals surface area contributed by atoms with Gasteiger partial charge in [0.15, 0.2) is 11.5 Å². The fourth-order valence-electron chi connectivity index (χ4n) is 4.12. The van der Waals surface area contributed by atoms with Gasteiger partial charge in [0, 0.05) is 30.8 Å². The monoisotopic (exact) mass is 532 g/mol. The second-order valence-electron chi connectivity index (χ2n) is 8.47. The number of rotatable bonds is 9. The maximum atomic E-state index is 13.7. The molecule has 10 heteroatoms. The van der Waals surface area contributed by atoms with Crippen LogP contribution in [0.5, 0.6) is 23.0 Å². The van der Waals surface area contributed by atoms with Gasteiger partial charge in [-0.25, -0.2) is 8.42 Å². The van der Waals surface area contributed by atoms with Crippen LogP contribution in [0.1, 0.15) is 6.42 Å². The van der Waals surface area contributed by atoms with Gasteiger partial charge in [-0.2, -0.15) is 0 Å². The van der Waals surface area contributed by atoms with Crippen molar-refractivity contribution in [2.24, 2.45) is 0 Å². The summed E-state index contributed by atoms with van der Waals surface area (Å²) < 4.78 is 52.1. The Morgan fingerprint density at radius 1 is 0.917 bits per heavy atom. The van der Waals surface area contributed by atoms with Crippen LogP contribution in [0.2, 0.25) is 5.02 Å². The van der Waals surface area contributed by atoms with E-state index in [0.29, 0.717) is 44.8 Å². The molecule has 0 saturated carbocycles. The predicted octanol–water partition coefficient (Wildman–Crippen LogP) is 4.92. The van der Waals surface area contributed by atoms with Crippen LogP contribution in [0, 0.1) is 0 Å². The Morgan fingerprint density at radius 3 is 2.22 bits per heavy atom. The molecule has 1 saturated heterocycles. The number of likely N-dealkylation sites (tertiary alicyclic amines) is 1. The average molecular weight is 533 g/mol. The summed E-state index contributed by atoms with van der Waals surface area (Å²) in [6.45, 7) is 1.71. The third kappa shape index (κ3) is 5.64. The SMILES string of the molecule is COc1ccc(-c2cc(OC)c(OC)cc2S(=O)(=O)Nc2ccc(Cl)c(OC3CCN(C)C3)c2)cc1. The number of hydrogen-bond donors (Lipinski definition) is 1. The number of sulfonamides is 1. The van der Waals surface area contributed by atoms with E-state index in [1.165, 1.54) is 20.3 Å². The fourth-order valence-corrected chi connectivity index (χ4v) is 5.55. The number of benzene rings is 3. The van der Waals surface area contributed by atoms with E-state index in [1.807, 2.05) is 7.05 Å². The van der Waals surface area contributed by atoms with Crippen LogP contribution in [0.3, 0.4) is 0 Å². The Labute approximate surface area is 216 Å². The topological polar surface area (TPSA) is 86.3 Å². The van der Waals surface area contributed by atoms with Crippen molar-refractivity contribution >= 4 is 27.3 Å². The molecule has 0 radical (unpaired) electrons. The summed E-state index contributed by atoms with van der Waals surface area (Å²) >= 11 is 6.35. The van der Waals surface area contributed by atoms with E-state index < -0.39 is 10.0 Å². The van der Waals surface area contributed by atoms with Gasteiger partial charge in [-0.15, -0.1) is 0 Å². The number of halogens is 1. The van der Waals surface area contributed by atoms with E-state index in [1.54, 1.807) is 55.6 Å². The first-order valence-corrected chi connectivity index (χ1v) is 13.2. The molecule has 3 aromatic rings. The Hall–Kier alpha value is -3.14. The van der Waals surface area contributed by atoms with Gasteiger partial charge in [-0.1, -0.05) is 23.7 Å². The number of methoxy groups -OCH3 is 3. The van der Waals surface area contributed by atoms with Gasteiger partial charge in [0.05, 0.1) is 36.9 Å². The van der Waals surface area contributed by atoms with Crippen molar-refractivity contribution in [1.29, 1.82) is 0 Å². The minimum atomic E-state index is -4.05. The van der Waals surface area contributed by atoms with Crippen molar-refractivity contribution in [3.63, 3.8) is 0 Å². The number of ether oxygens (including phenoxy) is 4. The molecule has 1 unspecified atom stereocenters. The van der Waals surface area contributed by atoms with Gasteiger partial charge in [0.1, 0.15) is 17.6 Å². The van der Waals surface area contributed by atoms with Gasteiger partial charge in [0.2, 0.25) is 0 Å². The molecule has 1 fully saturated rings. The maximum Gasteiger partial charge on any atom is 0.262 e. The summed E-state index contributed by atoms with van der Waals surface area (Å²) in [7, 11) is 2.50. The van der Waals surface area contributed by atoms with Crippen molar-refractivity contribution in [1.82, 2.24) is 4.90 Å². The zero-order chi connectivity index (χ0) is 25.9. The lowest BCUT2D eigenvalue weighted by molar-refractivity contribution is 0.208. The molecular weight excluding hydrogens is 504 g/mol. The van der Waals surface area contributed by atoms with Crippen LogP contribution in [0.15, 0.2) is 59.5 Å². The summed E-state index contributed by atoms with van der Waals surface area (Å²) in [6, 6.07) is 15.0. The van der Waals surface area contributed by atoms with E-state index in [0.717, 1.165) is 19.5 Å². The lowest BCUT2D eigenvalue weighted by Gasteiger charge is -2.18. The summed E-state index contributed by atoms with van der Waals surface area (Å²) in [5, 5.41) is 0.414. The van der Waals surface area contributed by atoms with Crippen molar-refractivity contribution in [3.05, 3.63) is 59.6 Å². The molecule has 0 aromatic heterocycles. The van der Waals surface area contributed by atoms with Crippen LogP contribution in [-0.2, 0) is 10.0 Å². The van der Waals surface area contributed by atoms with Crippen LogP contribution in [-0.4, -0.2) is 60.9 Å². The molecule has 0 amide bonds. The third-order valence-electron chi connectivity index (χ3n) is 6.00. The molecule has 1 aliphatic rings. The standard InChI is InChI=1S/C26H29ClN2O6S/c1-29-12-11-20(16-29)35-23-13-18(7-10-22(23)27)28-36(30,31)26-15-25(34-4)24(33-3)14-21(26)17-5-8-19(32-2)9-6-17/h5-10,13-15,20,28H,11-12,16H2,1-4H3. The Bertz CT molecular complexity index is 1330. The molecule has 3 aromatic carbocycles. The molecular formula is C26H29ClN2O6S. The van der Waals surface area contributed by atoms with Gasteiger partial charge in [0.25, 0.3) is 10.0 Å². The summed E-state index contributed by atoms with van der Waals surface area (Å²) in [4.78, 5) is 2.20. The van der Waals surface area contributed by atoms with Gasteiger partial charge >= 0.3 is 0 Å². The Balaban J connectivity index is 1.71. The van der Waals surface area contributed by atoms with E-state index in [4.69, 9.17) is 30.5 Å². The number of nitrogens with zero attached hydrogens (tertiary/aromatic N) is 1. The zero-order valence-corrected chi connectivity index (χ0v) is 22.2. The summed E-state index contributed by atoms with van der Waals surface area (Å²) in [6.07, 6.45) is 0.867. The van der Waals surface area contributed by atoms with E-state index in [-0.39, 0.29) is 11.0 Å². The van der Waals surface area contributed by atoms with Crippen molar-refractivity contribution in [2.75, 3.05) is 46.2 Å². The number of hydrogen-bond acceptors (Lipinski definition) is 7. The molecule has 8 nitrogen and oxygen atoms in total. The van der Waals surface area contributed by atoms with Crippen molar-refractivity contribution in [3.8, 4) is 34.1 Å². The van der Waals surface area contributed by atoms with Gasteiger partial charge < -0.3 is 23.8 Å². The van der Waals surface area contributed by atoms with E-state index in [9.17, 15) is 8.42 Å². The molecule has 0 aliphatic carbocycles. The van der Waals surface area contributed by atoms with Crippen LogP contribution in [0.25, 0.3) is 11.1 Å². The van der Waals surface area contributed by atoms with Crippen LogP contribution >= 0.6 is 11.6 Å². The van der Waals surface area contributed by atoms with Crippen LogP contribution < -0.4 is 23.7 Å². The second-order valence-corrected chi connectivity index (χ2v) is 10.5. The minimum Gasteiger partial charge on any atom is -0.497 e. The second kappa shape index (κ2) is 10.9. The Kier molecular flexibility index (Phi) is 7.82. The fraction of sp³-hybridized carbons (Fsp3) is 0.308. The maximum absolute atomic E-state index is 13.7. The first-order chi connectivity index (χ1) is 17.2. The smallest absolute Gasteiger partial charge is 0.262 e. The number of nitrogens with one attached hydrogen (secondary N) is 1. The highest BCUT2D eigenvalue weighted by atomic mass is 35.5. The Morgan fingerprint density at radius 2 is 1.61 bits per heavy atom. The lowest BCUT2D eigenvalue weighted by Crippen LogP contribution is -2.21. The predicted molar refractivity (Wildman–Crippen MR) is 140 cm³/mol. The highest BCUT2D eigenvalue weighted by Crippen LogP contribution is 2.39. The van der Waals surface area contributed by atoms with E-state index >= 15 is 0 Å². The first-order valence-electron chi connectivity index (χ1n) is 11.3. The molecule has 0 spiro atoms.